The Labute approximate surface area is 115 Å². The second-order valence-corrected chi connectivity index (χ2v) is 4.23. The van der Waals surface area contributed by atoms with Crippen molar-refractivity contribution in [3.05, 3.63) is 53.7 Å². The predicted octanol–water partition coefficient (Wildman–Crippen LogP) is 1.90. The van der Waals surface area contributed by atoms with Gasteiger partial charge in [0.2, 0.25) is 5.82 Å². The number of aryl methyl sites for hydroxylation is 1. The van der Waals surface area contributed by atoms with Crippen molar-refractivity contribution in [1.82, 2.24) is 25.2 Å². The third kappa shape index (κ3) is 2.24. The van der Waals surface area contributed by atoms with Crippen molar-refractivity contribution in [3.63, 3.8) is 0 Å². The Bertz CT molecular complexity index is 799. The Kier molecular flexibility index (Phi) is 2.94. The summed E-state index contributed by atoms with van der Waals surface area (Å²) in [5.74, 6) is 0.455. The summed E-state index contributed by atoms with van der Waals surface area (Å²) in [7, 11) is 0. The molecule has 2 heterocycles. The molecule has 0 N–H and O–H groups in total. The smallest absolute Gasteiger partial charge is 0.223 e. The van der Waals surface area contributed by atoms with E-state index in [0.29, 0.717) is 22.8 Å². The van der Waals surface area contributed by atoms with E-state index in [1.54, 1.807) is 18.2 Å². The van der Waals surface area contributed by atoms with Gasteiger partial charge in [-0.2, -0.15) is 5.26 Å². The molecular weight excluding hydrogens is 252 g/mol. The van der Waals surface area contributed by atoms with Crippen LogP contribution in [0.4, 0.5) is 0 Å². The Morgan fingerprint density at radius 1 is 1.15 bits per heavy atom. The van der Waals surface area contributed by atoms with Crippen molar-refractivity contribution in [2.75, 3.05) is 0 Å². The molecule has 3 rings (SSSR count). The minimum absolute atomic E-state index is 0.455. The molecule has 3 aromatic rings. The fraction of sp³-hybridized carbons (Fsp3) is 0.0714. The summed E-state index contributed by atoms with van der Waals surface area (Å²) in [6.45, 7) is 1.91. The van der Waals surface area contributed by atoms with E-state index in [2.05, 4.69) is 26.5 Å². The van der Waals surface area contributed by atoms with Gasteiger partial charge in [0.25, 0.3) is 0 Å². The molecule has 6 nitrogen and oxygen atoms in total. The van der Waals surface area contributed by atoms with Gasteiger partial charge in [-0.3, -0.25) is 0 Å². The van der Waals surface area contributed by atoms with Crippen LogP contribution in [0.3, 0.4) is 0 Å². The fourth-order valence-corrected chi connectivity index (χ4v) is 1.79. The van der Waals surface area contributed by atoms with Crippen LogP contribution in [0.25, 0.3) is 17.2 Å². The first-order chi connectivity index (χ1) is 9.76. The van der Waals surface area contributed by atoms with Gasteiger partial charge in [0.05, 0.1) is 17.3 Å². The van der Waals surface area contributed by atoms with Crippen LogP contribution in [0.1, 0.15) is 11.3 Å². The molecular formula is C14H10N6. The highest BCUT2D eigenvalue weighted by Crippen LogP contribution is 2.13. The van der Waals surface area contributed by atoms with E-state index in [4.69, 9.17) is 5.26 Å². The van der Waals surface area contributed by atoms with Gasteiger partial charge in [0, 0.05) is 5.69 Å². The van der Waals surface area contributed by atoms with E-state index < -0.39 is 0 Å². The summed E-state index contributed by atoms with van der Waals surface area (Å²) in [6, 6.07) is 14.7. The van der Waals surface area contributed by atoms with Crippen LogP contribution in [-0.2, 0) is 0 Å². The summed E-state index contributed by atoms with van der Waals surface area (Å²) in [6.07, 6.45) is 0. The van der Waals surface area contributed by atoms with Crippen molar-refractivity contribution < 1.29 is 0 Å². The molecule has 0 fully saturated rings. The van der Waals surface area contributed by atoms with E-state index in [9.17, 15) is 0 Å². The maximum atomic E-state index is 8.90. The number of benzene rings is 1. The molecule has 0 aliphatic carbocycles. The molecule has 0 aliphatic rings. The SMILES string of the molecule is Cc1cccc(-c2nnn(-c3cccc(C#N)c3)n2)n1. The zero-order valence-electron chi connectivity index (χ0n) is 10.7. The van der Waals surface area contributed by atoms with Crippen LogP contribution in [0.5, 0.6) is 0 Å². The molecule has 1 aromatic carbocycles. The monoisotopic (exact) mass is 262 g/mol. The Hall–Kier alpha value is -3.07. The minimum Gasteiger partial charge on any atom is -0.250 e. The molecule has 0 saturated heterocycles. The number of nitriles is 1. The number of aromatic nitrogens is 5. The third-order valence-corrected chi connectivity index (χ3v) is 2.74. The standard InChI is InChI=1S/C14H10N6/c1-10-4-2-7-13(16-10)14-17-19-20(18-14)12-6-3-5-11(8-12)9-15/h2-8H,1H3. The molecule has 2 aromatic heterocycles. The molecule has 0 bridgehead atoms. The van der Waals surface area contributed by atoms with E-state index in [-0.39, 0.29) is 0 Å². The number of rotatable bonds is 2. The Morgan fingerprint density at radius 3 is 2.80 bits per heavy atom. The van der Waals surface area contributed by atoms with E-state index in [0.717, 1.165) is 5.69 Å². The van der Waals surface area contributed by atoms with Crippen molar-refractivity contribution >= 4 is 0 Å². The molecule has 0 amide bonds. The lowest BCUT2D eigenvalue weighted by molar-refractivity contribution is 0.720. The van der Waals surface area contributed by atoms with Gasteiger partial charge < -0.3 is 0 Å². The Morgan fingerprint density at radius 2 is 2.00 bits per heavy atom. The van der Waals surface area contributed by atoms with Gasteiger partial charge in [-0.25, -0.2) is 4.98 Å². The van der Waals surface area contributed by atoms with Crippen LogP contribution in [0.15, 0.2) is 42.5 Å². The second-order valence-electron chi connectivity index (χ2n) is 4.23. The van der Waals surface area contributed by atoms with Crippen LogP contribution in [-0.4, -0.2) is 25.2 Å². The van der Waals surface area contributed by atoms with Crippen molar-refractivity contribution in [2.45, 2.75) is 6.92 Å². The predicted molar refractivity (Wildman–Crippen MR) is 71.8 cm³/mol. The molecule has 0 unspecified atom stereocenters. The number of hydrogen-bond acceptors (Lipinski definition) is 5. The third-order valence-electron chi connectivity index (χ3n) is 2.74. The molecule has 20 heavy (non-hydrogen) atoms. The van der Waals surface area contributed by atoms with Crippen molar-refractivity contribution in [2.24, 2.45) is 0 Å². The average molecular weight is 262 g/mol. The average Bonchev–Trinajstić information content (AvgIpc) is 2.97. The van der Waals surface area contributed by atoms with Gasteiger partial charge in [-0.15, -0.1) is 15.0 Å². The fourth-order valence-electron chi connectivity index (χ4n) is 1.79. The van der Waals surface area contributed by atoms with Gasteiger partial charge in [0.1, 0.15) is 5.69 Å². The summed E-state index contributed by atoms with van der Waals surface area (Å²) in [4.78, 5) is 5.74. The number of hydrogen-bond donors (Lipinski definition) is 0. The summed E-state index contributed by atoms with van der Waals surface area (Å²) >= 11 is 0. The molecule has 0 aliphatic heterocycles. The zero-order valence-corrected chi connectivity index (χ0v) is 10.7. The highest BCUT2D eigenvalue weighted by atomic mass is 15.6. The molecule has 0 atom stereocenters. The lowest BCUT2D eigenvalue weighted by Gasteiger charge is -1.98. The number of nitrogens with zero attached hydrogens (tertiary/aromatic N) is 6. The summed E-state index contributed by atoms with van der Waals surface area (Å²) in [5.41, 5.74) is 2.81. The van der Waals surface area contributed by atoms with Crippen LogP contribution in [0.2, 0.25) is 0 Å². The molecule has 6 heteroatoms. The highest BCUT2D eigenvalue weighted by molar-refractivity contribution is 5.48. The number of pyridine rings is 1. The van der Waals surface area contributed by atoms with E-state index >= 15 is 0 Å². The molecule has 96 valence electrons. The van der Waals surface area contributed by atoms with Crippen LogP contribution < -0.4 is 0 Å². The van der Waals surface area contributed by atoms with E-state index in [1.165, 1.54) is 4.80 Å². The molecule has 0 radical (unpaired) electrons. The van der Waals surface area contributed by atoms with Gasteiger partial charge in [-0.1, -0.05) is 12.1 Å². The quantitative estimate of drug-likeness (QED) is 0.704. The van der Waals surface area contributed by atoms with Gasteiger partial charge >= 0.3 is 0 Å². The zero-order chi connectivity index (χ0) is 13.9. The molecule has 0 saturated carbocycles. The van der Waals surface area contributed by atoms with Gasteiger partial charge in [-0.05, 0) is 42.5 Å². The topological polar surface area (TPSA) is 80.3 Å². The summed E-state index contributed by atoms with van der Waals surface area (Å²) < 4.78 is 0. The van der Waals surface area contributed by atoms with Crippen LogP contribution in [0, 0.1) is 18.3 Å². The lowest BCUT2D eigenvalue weighted by atomic mass is 10.2. The normalized spacial score (nSPS) is 10.2. The van der Waals surface area contributed by atoms with Crippen molar-refractivity contribution in [3.8, 4) is 23.3 Å². The van der Waals surface area contributed by atoms with Crippen molar-refractivity contribution in [1.29, 1.82) is 5.26 Å². The lowest BCUT2D eigenvalue weighted by Crippen LogP contribution is -1.99. The van der Waals surface area contributed by atoms with Crippen LogP contribution >= 0.6 is 0 Å². The molecule has 0 spiro atoms. The first kappa shape index (κ1) is 12.0. The summed E-state index contributed by atoms with van der Waals surface area (Å²) in [5, 5.41) is 21.2. The maximum absolute atomic E-state index is 8.90. The van der Waals surface area contributed by atoms with E-state index in [1.807, 2.05) is 31.2 Å². The second kappa shape index (κ2) is 4.90. The van der Waals surface area contributed by atoms with Gasteiger partial charge in [0.15, 0.2) is 0 Å². The first-order valence-corrected chi connectivity index (χ1v) is 6.01. The number of tetrazole rings is 1. The Balaban J connectivity index is 2.00. The highest BCUT2D eigenvalue weighted by Gasteiger charge is 2.08. The maximum Gasteiger partial charge on any atom is 0.223 e. The largest absolute Gasteiger partial charge is 0.250 e. The first-order valence-electron chi connectivity index (χ1n) is 6.01. The minimum atomic E-state index is 0.455.